The van der Waals surface area contributed by atoms with Crippen molar-refractivity contribution in [1.82, 2.24) is 4.90 Å². The fraction of sp³-hybridized carbons (Fsp3) is 0.524. The Labute approximate surface area is 170 Å². The molecule has 8 nitrogen and oxygen atoms in total. The van der Waals surface area contributed by atoms with Gasteiger partial charge in [-0.25, -0.2) is 4.79 Å². The molecule has 1 fully saturated rings. The van der Waals surface area contributed by atoms with Gasteiger partial charge in [-0.1, -0.05) is 12.1 Å². The summed E-state index contributed by atoms with van der Waals surface area (Å²) in [6.07, 6.45) is 0.525. The summed E-state index contributed by atoms with van der Waals surface area (Å²) >= 11 is 0. The standard InChI is InChI=1S/C21H28N2O6/c1-14(24)16-6-5-7-17(12-16)22-18(25)13-28-19(26)15-8-10-23(11-9-15)20(27)29-21(2,3)4/h5-7,12,15H,8-11,13H2,1-4H3,(H,22,25). The van der Waals surface area contributed by atoms with Gasteiger partial charge in [-0.2, -0.15) is 0 Å². The van der Waals surface area contributed by atoms with Gasteiger partial charge >= 0.3 is 12.1 Å². The van der Waals surface area contributed by atoms with Gasteiger partial charge in [0.15, 0.2) is 12.4 Å². The minimum Gasteiger partial charge on any atom is -0.455 e. The van der Waals surface area contributed by atoms with Crippen molar-refractivity contribution in [2.24, 2.45) is 5.92 Å². The normalized spacial score (nSPS) is 14.8. The van der Waals surface area contributed by atoms with Crippen LogP contribution in [0.15, 0.2) is 24.3 Å². The van der Waals surface area contributed by atoms with Gasteiger partial charge in [0.25, 0.3) is 5.91 Å². The first kappa shape index (κ1) is 22.4. The average molecular weight is 404 g/mol. The first-order chi connectivity index (χ1) is 13.5. The molecule has 1 heterocycles. The third-order valence-electron chi connectivity index (χ3n) is 4.38. The summed E-state index contributed by atoms with van der Waals surface area (Å²) in [6, 6.07) is 6.53. The molecule has 0 aliphatic carbocycles. The number of hydrogen-bond donors (Lipinski definition) is 1. The Bertz CT molecular complexity index is 776. The first-order valence-corrected chi connectivity index (χ1v) is 9.60. The van der Waals surface area contributed by atoms with Crippen molar-refractivity contribution in [2.45, 2.75) is 46.1 Å². The molecule has 1 aromatic carbocycles. The lowest BCUT2D eigenvalue weighted by Crippen LogP contribution is -2.43. The lowest BCUT2D eigenvalue weighted by molar-refractivity contribution is -0.153. The smallest absolute Gasteiger partial charge is 0.410 e. The second-order valence-corrected chi connectivity index (χ2v) is 8.03. The van der Waals surface area contributed by atoms with Crippen LogP contribution in [0.4, 0.5) is 10.5 Å². The van der Waals surface area contributed by atoms with E-state index in [2.05, 4.69) is 5.32 Å². The predicted octanol–water partition coefficient (Wildman–Crippen LogP) is 3.02. The highest BCUT2D eigenvalue weighted by molar-refractivity contribution is 5.97. The van der Waals surface area contributed by atoms with Gasteiger partial charge in [0.2, 0.25) is 0 Å². The third kappa shape index (κ3) is 7.21. The van der Waals surface area contributed by atoms with Gasteiger partial charge in [-0.05, 0) is 52.7 Å². The fourth-order valence-corrected chi connectivity index (χ4v) is 2.89. The molecule has 1 aromatic rings. The van der Waals surface area contributed by atoms with Crippen LogP contribution in [0.25, 0.3) is 0 Å². The summed E-state index contributed by atoms with van der Waals surface area (Å²) in [5.41, 5.74) is 0.380. The maximum Gasteiger partial charge on any atom is 0.410 e. The highest BCUT2D eigenvalue weighted by atomic mass is 16.6. The number of hydrogen-bond acceptors (Lipinski definition) is 6. The number of Topliss-reactive ketones (excluding diaryl/α,β-unsaturated/α-hetero) is 1. The third-order valence-corrected chi connectivity index (χ3v) is 4.38. The summed E-state index contributed by atoms with van der Waals surface area (Å²) in [5, 5.41) is 2.60. The molecule has 0 radical (unpaired) electrons. The Morgan fingerprint density at radius 1 is 1.14 bits per heavy atom. The lowest BCUT2D eigenvalue weighted by atomic mass is 9.97. The molecule has 0 aromatic heterocycles. The van der Waals surface area contributed by atoms with Crippen LogP contribution in [0.2, 0.25) is 0 Å². The topological polar surface area (TPSA) is 102 Å². The number of carbonyl (C=O) groups is 4. The van der Waals surface area contributed by atoms with Crippen LogP contribution in [-0.4, -0.2) is 54.0 Å². The summed E-state index contributed by atoms with van der Waals surface area (Å²) in [7, 11) is 0. The number of nitrogens with one attached hydrogen (secondary N) is 1. The minimum atomic E-state index is -0.565. The number of anilines is 1. The number of nitrogens with zero attached hydrogens (tertiary/aromatic N) is 1. The van der Waals surface area contributed by atoms with Crippen molar-refractivity contribution < 1.29 is 28.7 Å². The summed E-state index contributed by atoms with van der Waals surface area (Å²) in [5.74, 6) is -1.40. The average Bonchev–Trinajstić information content (AvgIpc) is 2.65. The number of amides is 2. The van der Waals surface area contributed by atoms with Crippen molar-refractivity contribution in [3.63, 3.8) is 0 Å². The van der Waals surface area contributed by atoms with Crippen molar-refractivity contribution in [3.05, 3.63) is 29.8 Å². The molecular weight excluding hydrogens is 376 g/mol. The Kier molecular flexibility index (Phi) is 7.36. The molecule has 0 bridgehead atoms. The molecule has 158 valence electrons. The molecule has 2 rings (SSSR count). The molecule has 0 saturated carbocycles. The van der Waals surface area contributed by atoms with Crippen LogP contribution < -0.4 is 5.32 Å². The maximum atomic E-state index is 12.2. The Morgan fingerprint density at radius 2 is 1.79 bits per heavy atom. The van der Waals surface area contributed by atoms with Crippen LogP contribution in [0.5, 0.6) is 0 Å². The van der Waals surface area contributed by atoms with Gasteiger partial charge in [0, 0.05) is 24.3 Å². The van der Waals surface area contributed by atoms with Crippen molar-refractivity contribution in [1.29, 1.82) is 0 Å². The number of carbonyl (C=O) groups excluding carboxylic acids is 4. The molecule has 1 N–H and O–H groups in total. The van der Waals surface area contributed by atoms with E-state index in [1.807, 2.05) is 0 Å². The largest absolute Gasteiger partial charge is 0.455 e. The molecule has 8 heteroatoms. The van der Waals surface area contributed by atoms with Crippen molar-refractivity contribution >= 4 is 29.4 Å². The number of piperidine rings is 1. The van der Waals surface area contributed by atoms with Crippen molar-refractivity contribution in [3.8, 4) is 0 Å². The number of benzene rings is 1. The molecule has 1 saturated heterocycles. The molecular formula is C21H28N2O6. The van der Waals surface area contributed by atoms with Gasteiger partial charge in [0.05, 0.1) is 5.92 Å². The molecule has 0 spiro atoms. The fourth-order valence-electron chi connectivity index (χ4n) is 2.89. The van der Waals surface area contributed by atoms with Crippen LogP contribution in [-0.2, 0) is 19.1 Å². The minimum absolute atomic E-state index is 0.106. The highest BCUT2D eigenvalue weighted by Gasteiger charge is 2.30. The molecule has 1 aliphatic rings. The Morgan fingerprint density at radius 3 is 2.38 bits per heavy atom. The van der Waals surface area contributed by atoms with E-state index in [0.29, 0.717) is 37.2 Å². The summed E-state index contributed by atoms with van der Waals surface area (Å²) < 4.78 is 10.4. The van der Waals surface area contributed by atoms with E-state index in [4.69, 9.17) is 9.47 Å². The quantitative estimate of drug-likeness (QED) is 0.598. The Hall–Kier alpha value is -2.90. The van der Waals surface area contributed by atoms with E-state index in [1.165, 1.54) is 6.92 Å². The van der Waals surface area contributed by atoms with E-state index >= 15 is 0 Å². The van der Waals surface area contributed by atoms with Gasteiger partial charge in [0.1, 0.15) is 5.60 Å². The maximum absolute atomic E-state index is 12.2. The van der Waals surface area contributed by atoms with E-state index in [9.17, 15) is 19.2 Å². The molecule has 2 amide bonds. The van der Waals surface area contributed by atoms with Crippen LogP contribution in [0.3, 0.4) is 0 Å². The highest BCUT2D eigenvalue weighted by Crippen LogP contribution is 2.21. The second kappa shape index (κ2) is 9.54. The van der Waals surface area contributed by atoms with E-state index < -0.39 is 30.2 Å². The number of esters is 1. The van der Waals surface area contributed by atoms with E-state index in [0.717, 1.165) is 0 Å². The van der Waals surface area contributed by atoms with E-state index in [1.54, 1.807) is 49.9 Å². The van der Waals surface area contributed by atoms with Crippen LogP contribution >= 0.6 is 0 Å². The zero-order chi connectivity index (χ0) is 21.6. The molecule has 1 aliphatic heterocycles. The van der Waals surface area contributed by atoms with Crippen LogP contribution in [0, 0.1) is 5.92 Å². The summed E-state index contributed by atoms with van der Waals surface area (Å²) in [4.78, 5) is 49.3. The Balaban J connectivity index is 1.76. The predicted molar refractivity (Wildman–Crippen MR) is 107 cm³/mol. The van der Waals surface area contributed by atoms with Gasteiger partial charge in [-0.3, -0.25) is 14.4 Å². The van der Waals surface area contributed by atoms with Gasteiger partial charge in [-0.15, -0.1) is 0 Å². The van der Waals surface area contributed by atoms with Crippen molar-refractivity contribution in [2.75, 3.05) is 25.0 Å². The SMILES string of the molecule is CC(=O)c1cccc(NC(=O)COC(=O)C2CCN(C(=O)OC(C)(C)C)CC2)c1. The first-order valence-electron chi connectivity index (χ1n) is 9.60. The number of rotatable bonds is 5. The van der Waals surface area contributed by atoms with Gasteiger partial charge < -0.3 is 19.7 Å². The van der Waals surface area contributed by atoms with Crippen LogP contribution in [0.1, 0.15) is 50.9 Å². The monoisotopic (exact) mass is 404 g/mol. The zero-order valence-electron chi connectivity index (χ0n) is 17.3. The zero-order valence-corrected chi connectivity index (χ0v) is 17.3. The lowest BCUT2D eigenvalue weighted by Gasteiger charge is -2.32. The molecule has 0 unspecified atom stereocenters. The molecule has 0 atom stereocenters. The number of ketones is 1. The number of likely N-dealkylation sites (tertiary alicyclic amines) is 1. The second-order valence-electron chi connectivity index (χ2n) is 8.03. The molecule has 29 heavy (non-hydrogen) atoms. The number of ether oxygens (including phenoxy) is 2. The summed E-state index contributed by atoms with van der Waals surface area (Å²) in [6.45, 7) is 7.24. The van der Waals surface area contributed by atoms with E-state index in [-0.39, 0.29) is 11.7 Å².